The minimum absolute atomic E-state index is 0.0194. The van der Waals surface area contributed by atoms with Gasteiger partial charge in [0.2, 0.25) is 5.91 Å². The molecule has 0 fully saturated rings. The molecule has 1 amide bonds. The highest BCUT2D eigenvalue weighted by molar-refractivity contribution is 5.80. The molecule has 0 aromatic heterocycles. The summed E-state index contributed by atoms with van der Waals surface area (Å²) in [4.78, 5) is 21.6. The molecule has 0 aliphatic rings. The first-order valence-electron chi connectivity index (χ1n) is 5.49. The van der Waals surface area contributed by atoms with Crippen molar-refractivity contribution < 1.29 is 9.72 Å². The van der Waals surface area contributed by atoms with Gasteiger partial charge in [-0.25, -0.2) is 0 Å². The molecule has 6 nitrogen and oxygen atoms in total. The zero-order valence-electron chi connectivity index (χ0n) is 9.92. The summed E-state index contributed by atoms with van der Waals surface area (Å²) >= 11 is 0. The van der Waals surface area contributed by atoms with Gasteiger partial charge in [-0.3, -0.25) is 14.9 Å². The van der Waals surface area contributed by atoms with Gasteiger partial charge in [0.05, 0.1) is 11.0 Å². The van der Waals surface area contributed by atoms with Crippen LogP contribution in [0.1, 0.15) is 18.9 Å². The van der Waals surface area contributed by atoms with Crippen molar-refractivity contribution in [2.45, 2.75) is 19.9 Å². The van der Waals surface area contributed by atoms with Crippen molar-refractivity contribution in [2.75, 3.05) is 0 Å². The van der Waals surface area contributed by atoms with Gasteiger partial charge < -0.3 is 5.32 Å². The van der Waals surface area contributed by atoms with Crippen molar-refractivity contribution >= 4 is 11.6 Å². The average Bonchev–Trinajstić information content (AvgIpc) is 2.38. The van der Waals surface area contributed by atoms with Crippen LogP contribution in [-0.4, -0.2) is 10.8 Å². The Hall–Kier alpha value is -2.42. The van der Waals surface area contributed by atoms with Crippen LogP contribution in [0.25, 0.3) is 0 Å². The molecule has 0 aliphatic carbocycles. The average molecular weight is 247 g/mol. The Bertz CT molecular complexity index is 494. The number of carbonyl (C=O) groups excluding carboxylic acids is 1. The van der Waals surface area contributed by atoms with Crippen LogP contribution in [0.15, 0.2) is 24.3 Å². The quantitative estimate of drug-likeness (QED) is 0.633. The minimum atomic E-state index is -0.677. The number of nitrogens with one attached hydrogen (secondary N) is 1. The molecule has 0 bridgehead atoms. The van der Waals surface area contributed by atoms with Crippen LogP contribution in [0.2, 0.25) is 0 Å². The van der Waals surface area contributed by atoms with Gasteiger partial charge in [0.1, 0.15) is 5.92 Å². The highest BCUT2D eigenvalue weighted by Gasteiger charge is 2.15. The third kappa shape index (κ3) is 3.56. The first-order valence-corrected chi connectivity index (χ1v) is 5.49. The molecule has 1 unspecified atom stereocenters. The zero-order valence-corrected chi connectivity index (χ0v) is 9.92. The predicted octanol–water partition coefficient (Wildman–Crippen LogP) is 1.76. The summed E-state index contributed by atoms with van der Waals surface area (Å²) in [5.41, 5.74) is 0.611. The van der Waals surface area contributed by atoms with Crippen LogP contribution in [0.3, 0.4) is 0 Å². The standard InChI is InChI=1S/C12H13N3O3/c1-2-10(7-13)12(16)14-8-9-4-3-5-11(6-9)15(17)18/h3-6,10H,2,8H2,1H3,(H,14,16). The Morgan fingerprint density at radius 2 is 2.33 bits per heavy atom. The maximum atomic E-state index is 11.5. The fourth-order valence-corrected chi connectivity index (χ4v) is 1.43. The third-order valence-electron chi connectivity index (χ3n) is 2.47. The van der Waals surface area contributed by atoms with E-state index >= 15 is 0 Å². The van der Waals surface area contributed by atoms with E-state index in [0.29, 0.717) is 12.0 Å². The fraction of sp³-hybridized carbons (Fsp3) is 0.333. The van der Waals surface area contributed by atoms with E-state index in [1.165, 1.54) is 12.1 Å². The summed E-state index contributed by atoms with van der Waals surface area (Å²) in [7, 11) is 0. The lowest BCUT2D eigenvalue weighted by Crippen LogP contribution is -2.29. The molecule has 0 heterocycles. The Kier molecular flexibility index (Phi) is 4.81. The Labute approximate surface area is 104 Å². The number of nitro groups is 1. The lowest BCUT2D eigenvalue weighted by atomic mass is 10.1. The maximum absolute atomic E-state index is 11.5. The predicted molar refractivity (Wildman–Crippen MR) is 64.3 cm³/mol. The van der Waals surface area contributed by atoms with E-state index in [1.54, 1.807) is 19.1 Å². The maximum Gasteiger partial charge on any atom is 0.269 e. The topological polar surface area (TPSA) is 96.0 Å². The molecule has 6 heteroatoms. The van der Waals surface area contributed by atoms with Crippen molar-refractivity contribution in [3.05, 3.63) is 39.9 Å². The summed E-state index contributed by atoms with van der Waals surface area (Å²) in [6.45, 7) is 1.93. The molecule has 0 aliphatic heterocycles. The summed E-state index contributed by atoms with van der Waals surface area (Å²) in [6, 6.07) is 7.92. The highest BCUT2D eigenvalue weighted by Crippen LogP contribution is 2.13. The Balaban J connectivity index is 2.64. The summed E-state index contributed by atoms with van der Waals surface area (Å²) < 4.78 is 0. The Morgan fingerprint density at radius 1 is 1.61 bits per heavy atom. The number of hydrogen-bond acceptors (Lipinski definition) is 4. The molecule has 0 spiro atoms. The first-order chi connectivity index (χ1) is 8.58. The van der Waals surface area contributed by atoms with Crippen LogP contribution < -0.4 is 5.32 Å². The van der Waals surface area contributed by atoms with Crippen molar-refractivity contribution in [2.24, 2.45) is 5.92 Å². The van der Waals surface area contributed by atoms with Gasteiger partial charge in [0.15, 0.2) is 0 Å². The molecule has 0 saturated heterocycles. The van der Waals surface area contributed by atoms with Crippen molar-refractivity contribution in [1.82, 2.24) is 5.32 Å². The summed E-state index contributed by atoms with van der Waals surface area (Å²) in [6.07, 6.45) is 0.442. The van der Waals surface area contributed by atoms with Gasteiger partial charge in [0.25, 0.3) is 5.69 Å². The molecule has 1 N–H and O–H groups in total. The zero-order chi connectivity index (χ0) is 13.5. The van der Waals surface area contributed by atoms with E-state index in [9.17, 15) is 14.9 Å². The fourth-order valence-electron chi connectivity index (χ4n) is 1.43. The number of benzene rings is 1. The van der Waals surface area contributed by atoms with Gasteiger partial charge in [-0.05, 0) is 12.0 Å². The monoisotopic (exact) mass is 247 g/mol. The van der Waals surface area contributed by atoms with Crippen molar-refractivity contribution in [3.8, 4) is 6.07 Å². The number of hydrogen-bond donors (Lipinski definition) is 1. The normalized spacial score (nSPS) is 11.3. The van der Waals surface area contributed by atoms with E-state index in [4.69, 9.17) is 5.26 Å². The lowest BCUT2D eigenvalue weighted by molar-refractivity contribution is -0.384. The molecule has 0 radical (unpaired) electrons. The number of nitrogens with zero attached hydrogens (tertiary/aromatic N) is 2. The molecular formula is C12H13N3O3. The number of rotatable bonds is 5. The molecule has 1 rings (SSSR count). The molecule has 1 aromatic rings. The molecule has 18 heavy (non-hydrogen) atoms. The van der Waals surface area contributed by atoms with E-state index in [-0.39, 0.29) is 18.1 Å². The van der Waals surface area contributed by atoms with Crippen LogP contribution in [0, 0.1) is 27.4 Å². The van der Waals surface area contributed by atoms with Crippen LogP contribution >= 0.6 is 0 Å². The van der Waals surface area contributed by atoms with Gasteiger partial charge in [-0.2, -0.15) is 5.26 Å². The number of nitro benzene ring substituents is 1. The van der Waals surface area contributed by atoms with E-state index in [2.05, 4.69) is 5.32 Å². The van der Waals surface area contributed by atoms with E-state index in [1.807, 2.05) is 6.07 Å². The second-order valence-corrected chi connectivity index (χ2v) is 3.73. The second-order valence-electron chi connectivity index (χ2n) is 3.73. The van der Waals surface area contributed by atoms with Crippen LogP contribution in [0.4, 0.5) is 5.69 Å². The smallest absolute Gasteiger partial charge is 0.269 e. The summed E-state index contributed by atoms with van der Waals surface area (Å²) in [5.74, 6) is -1.03. The summed E-state index contributed by atoms with van der Waals surface area (Å²) in [5, 5.41) is 21.9. The third-order valence-corrected chi connectivity index (χ3v) is 2.47. The van der Waals surface area contributed by atoms with Crippen molar-refractivity contribution in [1.29, 1.82) is 5.26 Å². The number of non-ortho nitro benzene ring substituents is 1. The van der Waals surface area contributed by atoms with Gasteiger partial charge >= 0.3 is 0 Å². The highest BCUT2D eigenvalue weighted by atomic mass is 16.6. The molecule has 0 saturated carbocycles. The lowest BCUT2D eigenvalue weighted by Gasteiger charge is -2.07. The SMILES string of the molecule is CCC(C#N)C(=O)NCc1cccc([N+](=O)[O-])c1. The molecule has 94 valence electrons. The van der Waals surface area contributed by atoms with Crippen LogP contribution in [-0.2, 0) is 11.3 Å². The van der Waals surface area contributed by atoms with Gasteiger partial charge in [-0.1, -0.05) is 19.1 Å². The second kappa shape index (κ2) is 6.35. The number of amides is 1. The largest absolute Gasteiger partial charge is 0.351 e. The number of nitriles is 1. The van der Waals surface area contributed by atoms with E-state index in [0.717, 1.165) is 0 Å². The van der Waals surface area contributed by atoms with Gasteiger partial charge in [0, 0.05) is 18.7 Å². The Morgan fingerprint density at radius 3 is 2.89 bits per heavy atom. The minimum Gasteiger partial charge on any atom is -0.351 e. The molecule has 1 aromatic carbocycles. The van der Waals surface area contributed by atoms with Crippen molar-refractivity contribution in [3.63, 3.8) is 0 Å². The van der Waals surface area contributed by atoms with Crippen LogP contribution in [0.5, 0.6) is 0 Å². The van der Waals surface area contributed by atoms with Gasteiger partial charge in [-0.15, -0.1) is 0 Å². The molecular weight excluding hydrogens is 234 g/mol. The number of carbonyl (C=O) groups is 1. The van der Waals surface area contributed by atoms with E-state index < -0.39 is 10.8 Å². The first kappa shape index (κ1) is 13.6. The molecule has 1 atom stereocenters.